The quantitative estimate of drug-likeness (QED) is 0.555. The lowest BCUT2D eigenvalue weighted by atomic mass is 10.2. The van der Waals surface area contributed by atoms with Crippen LogP contribution in [-0.4, -0.2) is 36.6 Å². The number of amides is 1. The van der Waals surface area contributed by atoms with Crippen LogP contribution in [0, 0.1) is 0 Å². The van der Waals surface area contributed by atoms with Crippen molar-refractivity contribution < 1.29 is 9.53 Å². The van der Waals surface area contributed by atoms with Gasteiger partial charge in [-0.15, -0.1) is 6.58 Å². The Morgan fingerprint density at radius 2 is 2.19 bits per heavy atom. The summed E-state index contributed by atoms with van der Waals surface area (Å²) < 4.78 is 5.14. The zero-order chi connectivity index (χ0) is 11.4. The van der Waals surface area contributed by atoms with Crippen LogP contribution in [0.25, 0.3) is 0 Å². The average molecular weight is 217 g/mol. The number of rotatable bonds is 5. The van der Waals surface area contributed by atoms with Crippen LogP contribution in [-0.2, 0) is 4.74 Å². The van der Waals surface area contributed by atoms with E-state index in [9.17, 15) is 4.79 Å². The molecule has 0 aromatic heterocycles. The number of ether oxygens (including phenoxy) is 1. The van der Waals surface area contributed by atoms with Gasteiger partial charge < -0.3 is 9.64 Å². The van der Waals surface area contributed by atoms with Crippen molar-refractivity contribution in [1.29, 1.82) is 0 Å². The van der Waals surface area contributed by atoms with Crippen LogP contribution in [0.4, 0.5) is 0 Å². The normalized spacial score (nSPS) is 17.9. The molecule has 1 fully saturated rings. The maximum absolute atomic E-state index is 12.1. The first-order valence-electron chi connectivity index (χ1n) is 5.38. The maximum atomic E-state index is 12.1. The minimum absolute atomic E-state index is 0.0380. The van der Waals surface area contributed by atoms with Gasteiger partial charge in [0.1, 0.15) is 0 Å². The van der Waals surface area contributed by atoms with Gasteiger partial charge in [0.15, 0.2) is 0 Å². The summed E-state index contributed by atoms with van der Waals surface area (Å²) in [7, 11) is 0. The third kappa shape index (κ3) is 2.70. The summed E-state index contributed by atoms with van der Waals surface area (Å²) in [6.07, 6.45) is 1.95. The topological polar surface area (TPSA) is 32.8 Å². The Bertz CT molecular complexity index is 371. The molecule has 0 aliphatic carbocycles. The fourth-order valence-electron chi connectivity index (χ4n) is 1.58. The fourth-order valence-corrected chi connectivity index (χ4v) is 1.58. The van der Waals surface area contributed by atoms with Crippen molar-refractivity contribution in [3.05, 3.63) is 48.6 Å². The zero-order valence-electron chi connectivity index (χ0n) is 9.13. The summed E-state index contributed by atoms with van der Waals surface area (Å²) in [5.41, 5.74) is 0.713. The van der Waals surface area contributed by atoms with Crippen molar-refractivity contribution in [2.45, 2.75) is 6.10 Å². The fraction of sp³-hybridized carbons (Fsp3) is 0.308. The van der Waals surface area contributed by atoms with Crippen molar-refractivity contribution >= 4 is 5.91 Å². The molecule has 1 aromatic rings. The van der Waals surface area contributed by atoms with E-state index in [1.165, 1.54) is 0 Å². The maximum Gasteiger partial charge on any atom is 0.254 e. The average Bonchev–Trinajstić information content (AvgIpc) is 3.13. The van der Waals surface area contributed by atoms with Crippen LogP contribution >= 0.6 is 0 Å². The molecule has 1 unspecified atom stereocenters. The summed E-state index contributed by atoms with van der Waals surface area (Å²) in [6, 6.07) is 9.29. The minimum atomic E-state index is 0.0380. The molecule has 0 saturated carbocycles. The van der Waals surface area contributed by atoms with E-state index in [1.807, 2.05) is 30.3 Å². The molecule has 1 aliphatic heterocycles. The van der Waals surface area contributed by atoms with Gasteiger partial charge >= 0.3 is 0 Å². The second-order valence-electron chi connectivity index (χ2n) is 3.82. The molecule has 2 rings (SSSR count). The summed E-state index contributed by atoms with van der Waals surface area (Å²) in [6.45, 7) is 5.64. The van der Waals surface area contributed by atoms with Gasteiger partial charge in [0.2, 0.25) is 0 Å². The Labute approximate surface area is 95.3 Å². The molecule has 0 radical (unpaired) electrons. The number of hydrogen-bond donors (Lipinski definition) is 0. The predicted octanol–water partition coefficient (Wildman–Crippen LogP) is 1.71. The molecular weight excluding hydrogens is 202 g/mol. The van der Waals surface area contributed by atoms with Crippen LogP contribution in [0.15, 0.2) is 43.0 Å². The SMILES string of the molecule is C=CCN(CC1CO1)C(=O)c1ccccc1. The molecule has 1 aromatic carbocycles. The standard InChI is InChI=1S/C13H15NO2/c1-2-8-14(9-12-10-16-12)13(15)11-6-4-3-5-7-11/h2-7,12H,1,8-10H2. The first-order chi connectivity index (χ1) is 7.81. The van der Waals surface area contributed by atoms with Crippen molar-refractivity contribution in [3.63, 3.8) is 0 Å². The first-order valence-corrected chi connectivity index (χ1v) is 5.38. The summed E-state index contributed by atoms with van der Waals surface area (Å²) in [5.74, 6) is 0.0380. The van der Waals surface area contributed by atoms with Crippen LogP contribution in [0.5, 0.6) is 0 Å². The molecule has 1 atom stereocenters. The Hall–Kier alpha value is -1.61. The zero-order valence-corrected chi connectivity index (χ0v) is 9.13. The largest absolute Gasteiger partial charge is 0.371 e. The highest BCUT2D eigenvalue weighted by Gasteiger charge is 2.27. The predicted molar refractivity (Wildman–Crippen MR) is 62.3 cm³/mol. The molecule has 0 N–H and O–H groups in total. The van der Waals surface area contributed by atoms with Gasteiger partial charge in [-0.3, -0.25) is 4.79 Å². The monoisotopic (exact) mass is 217 g/mol. The highest BCUT2D eigenvalue weighted by Crippen LogP contribution is 2.13. The third-order valence-corrected chi connectivity index (χ3v) is 2.48. The number of epoxide rings is 1. The van der Waals surface area contributed by atoms with E-state index in [0.29, 0.717) is 18.7 Å². The molecule has 1 saturated heterocycles. The van der Waals surface area contributed by atoms with E-state index in [0.717, 1.165) is 6.61 Å². The van der Waals surface area contributed by atoms with Crippen molar-refractivity contribution in [2.24, 2.45) is 0 Å². The van der Waals surface area contributed by atoms with Crippen LogP contribution in [0.1, 0.15) is 10.4 Å². The van der Waals surface area contributed by atoms with Crippen molar-refractivity contribution in [1.82, 2.24) is 4.90 Å². The van der Waals surface area contributed by atoms with Crippen molar-refractivity contribution in [3.8, 4) is 0 Å². The van der Waals surface area contributed by atoms with Crippen molar-refractivity contribution in [2.75, 3.05) is 19.7 Å². The van der Waals surface area contributed by atoms with Gasteiger partial charge in [0.25, 0.3) is 5.91 Å². The van der Waals surface area contributed by atoms with Gasteiger partial charge in [-0.2, -0.15) is 0 Å². The van der Waals surface area contributed by atoms with Gasteiger partial charge in [-0.25, -0.2) is 0 Å². The molecule has 1 aliphatic rings. The molecular formula is C13H15NO2. The molecule has 3 heteroatoms. The first kappa shape index (κ1) is 10.9. The highest BCUT2D eigenvalue weighted by atomic mass is 16.6. The molecule has 1 amide bonds. The second-order valence-corrected chi connectivity index (χ2v) is 3.82. The summed E-state index contributed by atoms with van der Waals surface area (Å²) in [5, 5.41) is 0. The van der Waals surface area contributed by atoms with E-state index < -0.39 is 0 Å². The number of carbonyl (C=O) groups is 1. The smallest absolute Gasteiger partial charge is 0.254 e. The number of benzene rings is 1. The lowest BCUT2D eigenvalue weighted by Crippen LogP contribution is -2.34. The molecule has 0 bridgehead atoms. The van der Waals surface area contributed by atoms with Crippen LogP contribution in [0.2, 0.25) is 0 Å². The van der Waals surface area contributed by atoms with Crippen LogP contribution in [0.3, 0.4) is 0 Å². The Morgan fingerprint density at radius 1 is 1.50 bits per heavy atom. The molecule has 84 valence electrons. The van der Waals surface area contributed by atoms with Gasteiger partial charge in [-0.1, -0.05) is 24.3 Å². The lowest BCUT2D eigenvalue weighted by Gasteiger charge is -2.20. The Kier molecular flexibility index (Phi) is 3.37. The minimum Gasteiger partial charge on any atom is -0.371 e. The summed E-state index contributed by atoms with van der Waals surface area (Å²) >= 11 is 0. The van der Waals surface area contributed by atoms with E-state index in [1.54, 1.807) is 11.0 Å². The number of nitrogens with zero attached hydrogens (tertiary/aromatic N) is 1. The number of carbonyl (C=O) groups excluding carboxylic acids is 1. The van der Waals surface area contributed by atoms with Gasteiger partial charge in [0, 0.05) is 18.7 Å². The van der Waals surface area contributed by atoms with E-state index >= 15 is 0 Å². The Balaban J connectivity index is 2.06. The number of hydrogen-bond acceptors (Lipinski definition) is 2. The third-order valence-electron chi connectivity index (χ3n) is 2.48. The molecule has 16 heavy (non-hydrogen) atoms. The second kappa shape index (κ2) is 4.94. The van der Waals surface area contributed by atoms with E-state index in [4.69, 9.17) is 4.74 Å². The highest BCUT2D eigenvalue weighted by molar-refractivity contribution is 5.94. The Morgan fingerprint density at radius 3 is 2.75 bits per heavy atom. The molecule has 1 heterocycles. The molecule has 3 nitrogen and oxygen atoms in total. The molecule has 0 spiro atoms. The van der Waals surface area contributed by atoms with E-state index in [2.05, 4.69) is 6.58 Å². The van der Waals surface area contributed by atoms with Crippen LogP contribution < -0.4 is 0 Å². The summed E-state index contributed by atoms with van der Waals surface area (Å²) in [4.78, 5) is 13.9. The van der Waals surface area contributed by atoms with E-state index in [-0.39, 0.29) is 12.0 Å². The van der Waals surface area contributed by atoms with Gasteiger partial charge in [-0.05, 0) is 12.1 Å². The van der Waals surface area contributed by atoms with Gasteiger partial charge in [0.05, 0.1) is 12.7 Å². The lowest BCUT2D eigenvalue weighted by molar-refractivity contribution is 0.0762.